The van der Waals surface area contributed by atoms with E-state index in [4.69, 9.17) is 9.47 Å². The van der Waals surface area contributed by atoms with Crippen LogP contribution in [0.4, 0.5) is 0 Å². The van der Waals surface area contributed by atoms with E-state index in [1.165, 1.54) is 25.8 Å². The highest BCUT2D eigenvalue weighted by Gasteiger charge is 2.26. The van der Waals surface area contributed by atoms with Crippen molar-refractivity contribution >= 4 is 0 Å². The zero-order valence-electron chi connectivity index (χ0n) is 13.5. The molecule has 0 aliphatic carbocycles. The fourth-order valence-corrected chi connectivity index (χ4v) is 3.59. The summed E-state index contributed by atoms with van der Waals surface area (Å²) < 4.78 is 11.5. The molecule has 3 rings (SSSR count). The summed E-state index contributed by atoms with van der Waals surface area (Å²) in [5, 5.41) is 0. The second-order valence-corrected chi connectivity index (χ2v) is 6.62. The summed E-state index contributed by atoms with van der Waals surface area (Å²) >= 11 is 0. The molecule has 5 heteroatoms. The van der Waals surface area contributed by atoms with Gasteiger partial charge in [0.25, 0.3) is 0 Å². The molecule has 1 atom stereocenters. The van der Waals surface area contributed by atoms with Gasteiger partial charge in [-0.15, -0.1) is 0 Å². The van der Waals surface area contributed by atoms with E-state index >= 15 is 0 Å². The molecule has 0 aromatic heterocycles. The van der Waals surface area contributed by atoms with Crippen LogP contribution < -0.4 is 0 Å². The summed E-state index contributed by atoms with van der Waals surface area (Å²) in [6.45, 7) is 7.03. The van der Waals surface area contributed by atoms with Crippen molar-refractivity contribution in [3.63, 3.8) is 0 Å². The first-order chi connectivity index (χ1) is 10.2. The maximum atomic E-state index is 5.91. The summed E-state index contributed by atoms with van der Waals surface area (Å²) in [6.07, 6.45) is 4.68. The Balaban J connectivity index is 1.52. The molecule has 0 bridgehead atoms. The van der Waals surface area contributed by atoms with Crippen LogP contribution in [0.2, 0.25) is 0 Å². The second-order valence-electron chi connectivity index (χ2n) is 6.62. The number of hydrogen-bond acceptors (Lipinski definition) is 5. The lowest BCUT2D eigenvalue weighted by Gasteiger charge is -2.42. The molecular weight excluding hydrogens is 266 g/mol. The molecule has 5 nitrogen and oxygen atoms in total. The highest BCUT2D eigenvalue weighted by Crippen LogP contribution is 2.25. The molecule has 3 aliphatic rings. The Kier molecular flexibility index (Phi) is 5.16. The molecule has 1 saturated heterocycles. The Hall–Kier alpha value is -0.620. The first kappa shape index (κ1) is 15.3. The lowest BCUT2D eigenvalue weighted by molar-refractivity contribution is -0.164. The Labute approximate surface area is 128 Å². The third-order valence-electron chi connectivity index (χ3n) is 4.66. The average Bonchev–Trinajstić information content (AvgIpc) is 2.47. The van der Waals surface area contributed by atoms with Crippen molar-refractivity contribution in [1.29, 1.82) is 0 Å². The van der Waals surface area contributed by atoms with Crippen LogP contribution in [0.5, 0.6) is 0 Å². The number of ether oxygens (including phenoxy) is 2. The van der Waals surface area contributed by atoms with Gasteiger partial charge in [-0.05, 0) is 38.9 Å². The Morgan fingerprint density at radius 1 is 1.19 bits per heavy atom. The van der Waals surface area contributed by atoms with E-state index < -0.39 is 0 Å². The largest absolute Gasteiger partial charge is 0.359 e. The van der Waals surface area contributed by atoms with Crippen LogP contribution in [0.1, 0.15) is 25.7 Å². The number of hydrogen-bond donors (Lipinski definition) is 0. The highest BCUT2D eigenvalue weighted by molar-refractivity contribution is 5.22. The predicted molar refractivity (Wildman–Crippen MR) is 82.9 cm³/mol. The van der Waals surface area contributed by atoms with Crippen molar-refractivity contribution in [3.05, 3.63) is 11.3 Å². The van der Waals surface area contributed by atoms with Crippen LogP contribution in [0.25, 0.3) is 0 Å². The fraction of sp³-hybridized carbons (Fsp3) is 0.875. The third-order valence-corrected chi connectivity index (χ3v) is 4.66. The lowest BCUT2D eigenvalue weighted by Crippen LogP contribution is -2.47. The van der Waals surface area contributed by atoms with Gasteiger partial charge in [0.2, 0.25) is 0 Å². The van der Waals surface area contributed by atoms with Crippen molar-refractivity contribution < 1.29 is 9.47 Å². The average molecular weight is 295 g/mol. The van der Waals surface area contributed by atoms with Crippen molar-refractivity contribution in [2.75, 3.05) is 60.2 Å². The predicted octanol–water partition coefficient (Wildman–Crippen LogP) is 1.32. The molecule has 0 radical (unpaired) electrons. The van der Waals surface area contributed by atoms with Gasteiger partial charge in [-0.25, -0.2) is 0 Å². The van der Waals surface area contributed by atoms with Gasteiger partial charge in [0.15, 0.2) is 6.29 Å². The van der Waals surface area contributed by atoms with Crippen LogP contribution >= 0.6 is 0 Å². The fourth-order valence-electron chi connectivity index (χ4n) is 3.59. The van der Waals surface area contributed by atoms with Gasteiger partial charge in [0, 0.05) is 44.9 Å². The topological polar surface area (TPSA) is 28.2 Å². The monoisotopic (exact) mass is 295 g/mol. The maximum Gasteiger partial charge on any atom is 0.157 e. The second kappa shape index (κ2) is 7.09. The summed E-state index contributed by atoms with van der Waals surface area (Å²) in [4.78, 5) is 7.33. The third kappa shape index (κ3) is 3.97. The molecule has 120 valence electrons. The smallest absolute Gasteiger partial charge is 0.157 e. The number of nitrogens with zero attached hydrogens (tertiary/aromatic N) is 3. The van der Waals surface area contributed by atoms with Crippen molar-refractivity contribution in [2.45, 2.75) is 32.0 Å². The summed E-state index contributed by atoms with van der Waals surface area (Å²) in [6, 6.07) is 0. The summed E-state index contributed by atoms with van der Waals surface area (Å²) in [5.74, 6) is 0. The van der Waals surface area contributed by atoms with Gasteiger partial charge in [-0.1, -0.05) is 0 Å². The van der Waals surface area contributed by atoms with E-state index in [2.05, 4.69) is 28.8 Å². The first-order valence-electron chi connectivity index (χ1n) is 8.28. The Morgan fingerprint density at radius 3 is 2.86 bits per heavy atom. The molecule has 0 saturated carbocycles. The van der Waals surface area contributed by atoms with Gasteiger partial charge in [-0.2, -0.15) is 0 Å². The maximum absolute atomic E-state index is 5.91. The quantitative estimate of drug-likeness (QED) is 0.780. The zero-order chi connectivity index (χ0) is 14.7. The van der Waals surface area contributed by atoms with Crippen molar-refractivity contribution in [3.8, 4) is 0 Å². The van der Waals surface area contributed by atoms with Gasteiger partial charge in [-0.3, -0.25) is 4.90 Å². The van der Waals surface area contributed by atoms with E-state index in [9.17, 15) is 0 Å². The minimum atomic E-state index is 0.0345. The number of likely N-dealkylation sites (N-methyl/N-ethyl adjacent to an activating group) is 2. The molecule has 3 aliphatic heterocycles. The molecule has 1 fully saturated rings. The molecule has 21 heavy (non-hydrogen) atoms. The first-order valence-corrected chi connectivity index (χ1v) is 8.28. The van der Waals surface area contributed by atoms with E-state index in [1.54, 1.807) is 11.3 Å². The Morgan fingerprint density at radius 2 is 2.05 bits per heavy atom. The normalized spacial score (nSPS) is 28.9. The molecule has 0 aromatic carbocycles. The van der Waals surface area contributed by atoms with Crippen molar-refractivity contribution in [1.82, 2.24) is 14.7 Å². The zero-order valence-corrected chi connectivity index (χ0v) is 13.5. The van der Waals surface area contributed by atoms with Crippen LogP contribution in [0.3, 0.4) is 0 Å². The number of rotatable bonds is 4. The SMILES string of the molecule is CN1CCC2=C(C1)CN(C)CN2CCOC1CCCCO1. The van der Waals surface area contributed by atoms with Gasteiger partial charge >= 0.3 is 0 Å². The van der Waals surface area contributed by atoms with E-state index in [0.717, 1.165) is 45.9 Å². The van der Waals surface area contributed by atoms with Gasteiger partial charge in [0.1, 0.15) is 0 Å². The molecule has 0 amide bonds. The van der Waals surface area contributed by atoms with E-state index in [-0.39, 0.29) is 6.29 Å². The van der Waals surface area contributed by atoms with E-state index in [0.29, 0.717) is 0 Å². The Bertz CT molecular complexity index is 376. The van der Waals surface area contributed by atoms with Crippen LogP contribution in [-0.2, 0) is 9.47 Å². The van der Waals surface area contributed by atoms with Crippen LogP contribution in [0, 0.1) is 0 Å². The van der Waals surface area contributed by atoms with Crippen LogP contribution in [-0.4, -0.2) is 81.1 Å². The minimum Gasteiger partial charge on any atom is -0.359 e. The molecular formula is C16H29N3O2. The molecule has 0 spiro atoms. The lowest BCUT2D eigenvalue weighted by atomic mass is 10.0. The highest BCUT2D eigenvalue weighted by atomic mass is 16.7. The van der Waals surface area contributed by atoms with Gasteiger partial charge < -0.3 is 19.3 Å². The van der Waals surface area contributed by atoms with Gasteiger partial charge in [0.05, 0.1) is 13.3 Å². The molecule has 3 heterocycles. The molecule has 0 aromatic rings. The standard InChI is InChI=1S/C16H29N3O2/c1-17-7-6-15-14(11-17)12-18(2)13-19(15)8-10-21-16-5-3-4-9-20-16/h16H,3-13H2,1-2H3. The van der Waals surface area contributed by atoms with E-state index in [1.807, 2.05) is 0 Å². The van der Waals surface area contributed by atoms with Crippen LogP contribution in [0.15, 0.2) is 11.3 Å². The summed E-state index contributed by atoms with van der Waals surface area (Å²) in [7, 11) is 4.42. The van der Waals surface area contributed by atoms with Crippen molar-refractivity contribution in [2.24, 2.45) is 0 Å². The summed E-state index contributed by atoms with van der Waals surface area (Å²) in [5.41, 5.74) is 3.16. The minimum absolute atomic E-state index is 0.0345. The molecule has 1 unspecified atom stereocenters. The molecule has 0 N–H and O–H groups in total.